The first kappa shape index (κ1) is 20.7. The number of carbonyl (C=O) groups is 2. The monoisotopic (exact) mass is 434 g/mol. The van der Waals surface area contributed by atoms with Gasteiger partial charge in [0.05, 0.1) is 16.4 Å². The second-order valence-electron chi connectivity index (χ2n) is 7.22. The molecule has 1 aromatic heterocycles. The van der Waals surface area contributed by atoms with E-state index in [4.69, 9.17) is 0 Å². The minimum Gasteiger partial charge on any atom is -0.326 e. The fourth-order valence-corrected chi connectivity index (χ4v) is 3.43. The average Bonchev–Trinajstić information content (AvgIpc) is 2.74. The van der Waals surface area contributed by atoms with Gasteiger partial charge >= 0.3 is 0 Å². The van der Waals surface area contributed by atoms with E-state index in [0.717, 1.165) is 0 Å². The number of aromatic nitrogens is 2. The molecule has 1 aliphatic heterocycles. The predicted molar refractivity (Wildman–Crippen MR) is 117 cm³/mol. The van der Waals surface area contributed by atoms with Gasteiger partial charge in [0.1, 0.15) is 5.82 Å². The number of hydrogen-bond donors (Lipinski definition) is 4. The zero-order valence-corrected chi connectivity index (χ0v) is 16.8. The van der Waals surface area contributed by atoms with E-state index < -0.39 is 28.2 Å². The number of nitro groups is 1. The number of fused-ring (bicyclic) bond motifs is 1. The molecule has 162 valence electrons. The van der Waals surface area contributed by atoms with Gasteiger partial charge in [-0.1, -0.05) is 24.3 Å². The number of nitro benzene ring substituents is 1. The number of carbonyl (C=O) groups excluding carboxylic acids is 2. The van der Waals surface area contributed by atoms with E-state index in [1.807, 2.05) is 6.07 Å². The number of hydrogen-bond acceptors (Lipinski definition) is 7. The normalized spacial score (nSPS) is 14.8. The van der Waals surface area contributed by atoms with Gasteiger partial charge in [-0.05, 0) is 25.1 Å². The lowest BCUT2D eigenvalue weighted by molar-refractivity contribution is -0.385. The number of para-hydroxylation sites is 1. The Bertz CT molecular complexity index is 1290. The van der Waals surface area contributed by atoms with Gasteiger partial charge in [0.15, 0.2) is 0 Å². The van der Waals surface area contributed by atoms with Crippen LogP contribution in [0.1, 0.15) is 23.5 Å². The van der Waals surface area contributed by atoms with Crippen molar-refractivity contribution in [1.29, 1.82) is 0 Å². The number of H-pyrrole nitrogens is 1. The third kappa shape index (κ3) is 4.17. The topological polar surface area (TPSA) is 159 Å². The van der Waals surface area contributed by atoms with Gasteiger partial charge in [-0.15, -0.1) is 0 Å². The Morgan fingerprint density at radius 2 is 1.91 bits per heavy atom. The first-order chi connectivity index (χ1) is 15.3. The first-order valence-electron chi connectivity index (χ1n) is 9.64. The summed E-state index contributed by atoms with van der Waals surface area (Å²) in [7, 11) is 0. The van der Waals surface area contributed by atoms with Crippen molar-refractivity contribution in [2.75, 3.05) is 16.0 Å². The number of anilines is 4. The lowest BCUT2D eigenvalue weighted by Gasteiger charge is -2.23. The molecule has 2 heterocycles. The van der Waals surface area contributed by atoms with Crippen molar-refractivity contribution in [2.24, 2.45) is 0 Å². The van der Waals surface area contributed by atoms with Crippen LogP contribution in [-0.2, 0) is 9.59 Å². The maximum absolute atomic E-state index is 12.9. The fourth-order valence-electron chi connectivity index (χ4n) is 3.43. The standard InChI is InChI=1S/C21H18N6O5/c1-11-7-8-13(9-15(11)27(31)32)22-19(29)14-10-16(28)24-18-17(14)20(30)26-21(25-18)23-12-5-3-2-4-6-12/h2-9,14H,10H2,1H3,(H,22,29)(H3,23,24,25,26,28,30)/t14-/m1/s1. The summed E-state index contributed by atoms with van der Waals surface area (Å²) in [6.07, 6.45) is -0.261. The van der Waals surface area contributed by atoms with Crippen molar-refractivity contribution < 1.29 is 14.5 Å². The van der Waals surface area contributed by atoms with E-state index >= 15 is 0 Å². The van der Waals surface area contributed by atoms with Crippen molar-refractivity contribution in [3.8, 4) is 0 Å². The molecular formula is C21H18N6O5. The number of aromatic amines is 1. The molecule has 0 spiro atoms. The molecular weight excluding hydrogens is 416 g/mol. The zero-order chi connectivity index (χ0) is 22.8. The van der Waals surface area contributed by atoms with E-state index in [1.54, 1.807) is 31.2 Å². The van der Waals surface area contributed by atoms with E-state index in [-0.39, 0.29) is 35.1 Å². The lowest BCUT2D eigenvalue weighted by Crippen LogP contribution is -2.36. The van der Waals surface area contributed by atoms with Crippen LogP contribution in [-0.4, -0.2) is 26.7 Å². The summed E-state index contributed by atoms with van der Waals surface area (Å²) in [4.78, 5) is 55.3. The smallest absolute Gasteiger partial charge is 0.274 e. The Balaban J connectivity index is 1.63. The highest BCUT2D eigenvalue weighted by molar-refractivity contribution is 6.04. The van der Waals surface area contributed by atoms with E-state index in [0.29, 0.717) is 11.3 Å². The van der Waals surface area contributed by atoms with Crippen LogP contribution >= 0.6 is 0 Å². The van der Waals surface area contributed by atoms with Gasteiger partial charge in [0, 0.05) is 29.4 Å². The summed E-state index contributed by atoms with van der Waals surface area (Å²) in [5.41, 5.74) is 0.584. The quantitative estimate of drug-likeness (QED) is 0.355. The molecule has 0 aliphatic carbocycles. The predicted octanol–water partition coefficient (Wildman–Crippen LogP) is 2.79. The number of nitrogens with zero attached hydrogens (tertiary/aromatic N) is 2. The molecule has 0 radical (unpaired) electrons. The van der Waals surface area contributed by atoms with Gasteiger partial charge in [-0.2, -0.15) is 4.98 Å². The molecule has 2 amide bonds. The highest BCUT2D eigenvalue weighted by atomic mass is 16.6. The van der Waals surface area contributed by atoms with Gasteiger partial charge in [-0.3, -0.25) is 29.5 Å². The third-order valence-electron chi connectivity index (χ3n) is 4.98. The molecule has 1 atom stereocenters. The Labute approximate surface area is 181 Å². The highest BCUT2D eigenvalue weighted by Crippen LogP contribution is 2.31. The fraction of sp³-hybridized carbons (Fsp3) is 0.143. The molecule has 0 saturated heterocycles. The van der Waals surface area contributed by atoms with E-state index in [9.17, 15) is 24.5 Å². The van der Waals surface area contributed by atoms with Crippen LogP contribution < -0.4 is 21.5 Å². The van der Waals surface area contributed by atoms with Crippen molar-refractivity contribution in [3.63, 3.8) is 0 Å². The van der Waals surface area contributed by atoms with Crippen LogP contribution in [0, 0.1) is 17.0 Å². The molecule has 0 saturated carbocycles. The summed E-state index contributed by atoms with van der Waals surface area (Å²) in [5.74, 6) is -2.14. The second-order valence-corrected chi connectivity index (χ2v) is 7.22. The molecule has 11 nitrogen and oxygen atoms in total. The lowest BCUT2D eigenvalue weighted by atomic mass is 9.92. The average molecular weight is 434 g/mol. The molecule has 3 aromatic rings. The molecule has 0 unspecified atom stereocenters. The molecule has 32 heavy (non-hydrogen) atoms. The second kappa shape index (κ2) is 8.30. The van der Waals surface area contributed by atoms with Crippen LogP contribution in [0.2, 0.25) is 0 Å². The van der Waals surface area contributed by atoms with Crippen LogP contribution in [0.15, 0.2) is 53.3 Å². The highest BCUT2D eigenvalue weighted by Gasteiger charge is 2.35. The van der Waals surface area contributed by atoms with Gasteiger partial charge in [-0.25, -0.2) is 0 Å². The first-order valence-corrected chi connectivity index (χ1v) is 9.64. The van der Waals surface area contributed by atoms with Crippen LogP contribution in [0.3, 0.4) is 0 Å². The van der Waals surface area contributed by atoms with Crippen LogP contribution in [0.25, 0.3) is 0 Å². The van der Waals surface area contributed by atoms with Crippen LogP contribution in [0.5, 0.6) is 0 Å². The largest absolute Gasteiger partial charge is 0.326 e. The van der Waals surface area contributed by atoms with Crippen molar-refractivity contribution in [1.82, 2.24) is 9.97 Å². The molecule has 4 rings (SSSR count). The Kier molecular flexibility index (Phi) is 5.37. The van der Waals surface area contributed by atoms with E-state index in [2.05, 4.69) is 25.9 Å². The SMILES string of the molecule is Cc1ccc(NC(=O)[C@@H]2CC(=O)Nc3nc(Nc4ccccc4)[nH]c(=O)c32)cc1[N+](=O)[O-]. The Morgan fingerprint density at radius 1 is 1.16 bits per heavy atom. The number of nitrogens with one attached hydrogen (secondary N) is 4. The summed E-state index contributed by atoms with van der Waals surface area (Å²) in [5, 5.41) is 19.2. The molecule has 11 heteroatoms. The summed E-state index contributed by atoms with van der Waals surface area (Å²) in [6, 6.07) is 13.2. The molecule has 0 fully saturated rings. The Hall–Kier alpha value is -4.54. The number of aryl methyl sites for hydroxylation is 1. The minimum atomic E-state index is -1.11. The zero-order valence-electron chi connectivity index (χ0n) is 16.8. The number of amides is 2. The Morgan fingerprint density at radius 3 is 2.62 bits per heavy atom. The van der Waals surface area contributed by atoms with Crippen molar-refractivity contribution >= 4 is 40.6 Å². The van der Waals surface area contributed by atoms with Crippen molar-refractivity contribution in [2.45, 2.75) is 19.3 Å². The van der Waals surface area contributed by atoms with Gasteiger partial charge in [0.2, 0.25) is 17.8 Å². The minimum absolute atomic E-state index is 0.0153. The molecule has 4 N–H and O–H groups in total. The molecule has 2 aromatic carbocycles. The molecule has 0 bridgehead atoms. The number of benzene rings is 2. The van der Waals surface area contributed by atoms with E-state index in [1.165, 1.54) is 18.2 Å². The number of rotatable bonds is 5. The van der Waals surface area contributed by atoms with Crippen molar-refractivity contribution in [3.05, 3.63) is 80.1 Å². The summed E-state index contributed by atoms with van der Waals surface area (Å²) < 4.78 is 0. The maximum atomic E-state index is 12.9. The summed E-state index contributed by atoms with van der Waals surface area (Å²) in [6.45, 7) is 1.58. The molecule has 1 aliphatic rings. The maximum Gasteiger partial charge on any atom is 0.274 e. The van der Waals surface area contributed by atoms with Gasteiger partial charge in [0.25, 0.3) is 11.2 Å². The summed E-state index contributed by atoms with van der Waals surface area (Å²) >= 11 is 0. The third-order valence-corrected chi connectivity index (χ3v) is 4.98. The van der Waals surface area contributed by atoms with Crippen LogP contribution in [0.4, 0.5) is 28.8 Å². The van der Waals surface area contributed by atoms with Gasteiger partial charge < -0.3 is 16.0 Å².